The van der Waals surface area contributed by atoms with Crippen molar-refractivity contribution in [2.45, 2.75) is 96.3 Å². The van der Waals surface area contributed by atoms with Crippen LogP contribution in [0.25, 0.3) is 0 Å². The van der Waals surface area contributed by atoms with Gasteiger partial charge in [-0.25, -0.2) is 4.98 Å². The molecule has 1 aromatic rings. The molecule has 0 aliphatic heterocycles. The molecule has 0 aliphatic carbocycles. The average Bonchev–Trinajstić information content (AvgIpc) is 3.04. The lowest BCUT2D eigenvalue weighted by Gasteiger charge is -2.11. The molecule has 0 fully saturated rings. The number of hydrogen-bond acceptors (Lipinski definition) is 2. The fraction of sp³-hybridized carbons (Fsp3) is 0.842. The molecule has 0 N–H and O–H groups in total. The number of rotatable bonds is 15. The van der Waals surface area contributed by atoms with Crippen LogP contribution in [-0.4, -0.2) is 20.6 Å². The first-order chi connectivity index (χ1) is 10.8. The highest BCUT2D eigenvalue weighted by Gasteiger charge is 2.02. The van der Waals surface area contributed by atoms with Crippen LogP contribution in [0.4, 0.5) is 0 Å². The summed E-state index contributed by atoms with van der Waals surface area (Å²) in [5.74, 6) is 1.33. The van der Waals surface area contributed by atoms with Crippen LogP contribution in [0.15, 0.2) is 18.7 Å². The second-order valence-electron chi connectivity index (χ2n) is 6.45. The van der Waals surface area contributed by atoms with Crippen molar-refractivity contribution in [3.05, 3.63) is 18.7 Å². The molecular formula is C19H36N2S. The third-order valence-electron chi connectivity index (χ3n) is 4.25. The number of hydrogen-bond donors (Lipinski definition) is 0. The molecule has 1 atom stereocenters. The molecule has 0 amide bonds. The van der Waals surface area contributed by atoms with E-state index in [0.717, 1.165) is 11.8 Å². The largest absolute Gasteiger partial charge is 0.337 e. The molecule has 1 heterocycles. The molecular weight excluding hydrogens is 288 g/mol. The number of imidazole rings is 1. The predicted molar refractivity (Wildman–Crippen MR) is 101 cm³/mol. The zero-order valence-corrected chi connectivity index (χ0v) is 15.6. The highest BCUT2D eigenvalue weighted by atomic mass is 32.2. The highest BCUT2D eigenvalue weighted by Crippen LogP contribution is 2.18. The Labute approximate surface area is 142 Å². The van der Waals surface area contributed by atoms with E-state index in [1.54, 1.807) is 0 Å². The highest BCUT2D eigenvalue weighted by molar-refractivity contribution is 7.99. The first-order valence-corrected chi connectivity index (χ1v) is 10.4. The summed E-state index contributed by atoms with van der Waals surface area (Å²) in [7, 11) is 0. The number of aromatic nitrogens is 2. The van der Waals surface area contributed by atoms with Crippen LogP contribution < -0.4 is 0 Å². The molecule has 1 rings (SSSR count). The smallest absolute Gasteiger partial charge is 0.0945 e. The minimum absolute atomic E-state index is 0.765. The Hall–Kier alpha value is -0.440. The van der Waals surface area contributed by atoms with Gasteiger partial charge in [0.05, 0.1) is 6.33 Å². The standard InChI is InChI=1S/C19H36N2S/c1-3-4-5-6-7-8-9-10-11-12-17-22-19(2)13-15-21-16-14-20-18-21/h14,16,18-19H,3-13,15,17H2,1-2H3. The Kier molecular flexibility index (Phi) is 12.6. The third kappa shape index (κ3) is 11.2. The van der Waals surface area contributed by atoms with Gasteiger partial charge in [-0.3, -0.25) is 0 Å². The Morgan fingerprint density at radius 3 is 2.18 bits per heavy atom. The van der Waals surface area contributed by atoms with Crippen molar-refractivity contribution >= 4 is 11.8 Å². The summed E-state index contributed by atoms with van der Waals surface area (Å²) in [6, 6.07) is 0. The van der Waals surface area contributed by atoms with E-state index < -0.39 is 0 Å². The van der Waals surface area contributed by atoms with Crippen LogP contribution >= 0.6 is 11.8 Å². The second-order valence-corrected chi connectivity index (χ2v) is 8.00. The summed E-state index contributed by atoms with van der Waals surface area (Å²) in [5, 5.41) is 0.765. The fourth-order valence-corrected chi connectivity index (χ4v) is 3.75. The molecule has 0 spiro atoms. The van der Waals surface area contributed by atoms with E-state index >= 15 is 0 Å². The minimum Gasteiger partial charge on any atom is -0.337 e. The van der Waals surface area contributed by atoms with Crippen LogP contribution in [0.2, 0.25) is 0 Å². The molecule has 22 heavy (non-hydrogen) atoms. The van der Waals surface area contributed by atoms with Gasteiger partial charge in [-0.05, 0) is 18.6 Å². The molecule has 0 bridgehead atoms. The Bertz CT molecular complexity index is 324. The van der Waals surface area contributed by atoms with E-state index in [9.17, 15) is 0 Å². The van der Waals surface area contributed by atoms with Crippen LogP contribution in [-0.2, 0) is 6.54 Å². The SMILES string of the molecule is CCCCCCCCCCCCSC(C)CCn1ccnc1. The van der Waals surface area contributed by atoms with Gasteiger partial charge in [-0.15, -0.1) is 0 Å². The lowest BCUT2D eigenvalue weighted by Crippen LogP contribution is -2.04. The van der Waals surface area contributed by atoms with Crippen LogP contribution in [0, 0.1) is 0 Å². The summed E-state index contributed by atoms with van der Waals surface area (Å²) in [6.07, 6.45) is 21.4. The van der Waals surface area contributed by atoms with Gasteiger partial charge in [0.15, 0.2) is 0 Å². The summed E-state index contributed by atoms with van der Waals surface area (Å²) in [4.78, 5) is 4.09. The lowest BCUT2D eigenvalue weighted by atomic mass is 10.1. The zero-order valence-electron chi connectivity index (χ0n) is 14.8. The monoisotopic (exact) mass is 324 g/mol. The molecule has 128 valence electrons. The Morgan fingerprint density at radius 2 is 1.59 bits per heavy atom. The van der Waals surface area contributed by atoms with E-state index in [-0.39, 0.29) is 0 Å². The van der Waals surface area contributed by atoms with Crippen molar-refractivity contribution in [2.75, 3.05) is 5.75 Å². The number of aryl methyl sites for hydroxylation is 1. The molecule has 2 nitrogen and oxygen atoms in total. The molecule has 0 saturated carbocycles. The summed E-state index contributed by atoms with van der Waals surface area (Å²) in [5.41, 5.74) is 0. The molecule has 1 unspecified atom stereocenters. The lowest BCUT2D eigenvalue weighted by molar-refractivity contribution is 0.563. The van der Waals surface area contributed by atoms with Gasteiger partial charge in [-0.1, -0.05) is 71.6 Å². The van der Waals surface area contributed by atoms with Gasteiger partial charge >= 0.3 is 0 Å². The van der Waals surface area contributed by atoms with Crippen molar-refractivity contribution in [1.82, 2.24) is 9.55 Å². The van der Waals surface area contributed by atoms with E-state index in [0.29, 0.717) is 0 Å². The summed E-state index contributed by atoms with van der Waals surface area (Å²) < 4.78 is 2.18. The first-order valence-electron chi connectivity index (χ1n) is 9.40. The van der Waals surface area contributed by atoms with E-state index in [2.05, 4.69) is 41.4 Å². The molecule has 3 heteroatoms. The number of nitrogens with zero attached hydrogens (tertiary/aromatic N) is 2. The maximum Gasteiger partial charge on any atom is 0.0945 e. The van der Waals surface area contributed by atoms with Crippen molar-refractivity contribution in [3.63, 3.8) is 0 Å². The third-order valence-corrected chi connectivity index (χ3v) is 5.58. The van der Waals surface area contributed by atoms with Crippen LogP contribution in [0.1, 0.15) is 84.5 Å². The van der Waals surface area contributed by atoms with Crippen LogP contribution in [0.3, 0.4) is 0 Å². The molecule has 0 aromatic carbocycles. The van der Waals surface area contributed by atoms with Crippen molar-refractivity contribution in [3.8, 4) is 0 Å². The van der Waals surface area contributed by atoms with Crippen molar-refractivity contribution < 1.29 is 0 Å². The van der Waals surface area contributed by atoms with Crippen molar-refractivity contribution in [1.29, 1.82) is 0 Å². The first kappa shape index (κ1) is 19.6. The predicted octanol–water partition coefficient (Wildman–Crippen LogP) is 6.32. The molecule has 0 saturated heterocycles. The van der Waals surface area contributed by atoms with E-state index in [4.69, 9.17) is 0 Å². The van der Waals surface area contributed by atoms with E-state index in [1.807, 2.05) is 12.5 Å². The fourth-order valence-electron chi connectivity index (χ4n) is 2.71. The maximum atomic E-state index is 4.09. The molecule has 1 aromatic heterocycles. The molecule has 0 aliphatic rings. The van der Waals surface area contributed by atoms with E-state index in [1.165, 1.54) is 76.4 Å². The Morgan fingerprint density at radius 1 is 0.955 bits per heavy atom. The molecule has 0 radical (unpaired) electrons. The number of thioether (sulfide) groups is 1. The second kappa shape index (κ2) is 14.2. The van der Waals surface area contributed by atoms with Gasteiger partial charge in [-0.2, -0.15) is 11.8 Å². The van der Waals surface area contributed by atoms with Gasteiger partial charge in [0, 0.05) is 24.2 Å². The van der Waals surface area contributed by atoms with Gasteiger partial charge < -0.3 is 4.57 Å². The topological polar surface area (TPSA) is 17.8 Å². The maximum absolute atomic E-state index is 4.09. The summed E-state index contributed by atoms with van der Waals surface area (Å²) >= 11 is 2.14. The quantitative estimate of drug-likeness (QED) is 0.351. The van der Waals surface area contributed by atoms with Gasteiger partial charge in [0.1, 0.15) is 0 Å². The average molecular weight is 325 g/mol. The zero-order chi connectivity index (χ0) is 15.9. The van der Waals surface area contributed by atoms with Gasteiger partial charge in [0.25, 0.3) is 0 Å². The number of unbranched alkanes of at least 4 members (excludes halogenated alkanes) is 9. The van der Waals surface area contributed by atoms with Crippen molar-refractivity contribution in [2.24, 2.45) is 0 Å². The van der Waals surface area contributed by atoms with Gasteiger partial charge in [0.2, 0.25) is 0 Å². The summed E-state index contributed by atoms with van der Waals surface area (Å²) in [6.45, 7) is 5.75. The normalized spacial score (nSPS) is 12.6. The minimum atomic E-state index is 0.765. The Balaban J connectivity index is 1.79. The van der Waals surface area contributed by atoms with Crippen LogP contribution in [0.5, 0.6) is 0 Å².